The van der Waals surface area contributed by atoms with Gasteiger partial charge in [0.25, 0.3) is 0 Å². The maximum Gasteiger partial charge on any atom is -0.0132 e. The van der Waals surface area contributed by atoms with Crippen LogP contribution in [0.1, 0.15) is 52.7 Å². The van der Waals surface area contributed by atoms with Gasteiger partial charge < -0.3 is 0 Å². The second-order valence-electron chi connectivity index (χ2n) is 6.68. The Morgan fingerprint density at radius 2 is 1.27 bits per heavy atom. The molecule has 0 spiro atoms. The molecule has 0 N–H and O–H groups in total. The van der Waals surface area contributed by atoms with Crippen LogP contribution >= 0.6 is 0 Å². The first kappa shape index (κ1) is 12.3. The average molecular weight is 204 g/mol. The van der Waals surface area contributed by atoms with Gasteiger partial charge in [0.15, 0.2) is 0 Å². The van der Waals surface area contributed by atoms with Gasteiger partial charge in [-0.1, -0.05) is 65.8 Å². The van der Waals surface area contributed by atoms with Crippen LogP contribution in [0.4, 0.5) is 0 Å². The van der Waals surface area contributed by atoms with E-state index in [-0.39, 0.29) is 5.41 Å². The summed E-state index contributed by atoms with van der Waals surface area (Å²) in [6.45, 7) is 13.6. The van der Waals surface area contributed by atoms with E-state index < -0.39 is 0 Å². The van der Waals surface area contributed by atoms with Crippen molar-refractivity contribution < 1.29 is 0 Å². The topological polar surface area (TPSA) is 0 Å². The lowest BCUT2D eigenvalue weighted by Gasteiger charge is -2.21. The first-order valence-corrected chi connectivity index (χ1v) is 5.78. The Morgan fingerprint density at radius 3 is 1.60 bits per heavy atom. The highest BCUT2D eigenvalue weighted by molar-refractivity contribution is 5.27. The molecule has 1 aromatic carbocycles. The summed E-state index contributed by atoms with van der Waals surface area (Å²) in [5.74, 6) is 0. The molecule has 1 rings (SSSR count). The van der Waals surface area contributed by atoms with Crippen molar-refractivity contribution in [3.63, 3.8) is 0 Å². The molecule has 0 heteroatoms. The van der Waals surface area contributed by atoms with Gasteiger partial charge in [-0.3, -0.25) is 0 Å². The molecule has 15 heavy (non-hydrogen) atoms. The number of hydrogen-bond donors (Lipinski definition) is 0. The van der Waals surface area contributed by atoms with Crippen molar-refractivity contribution in [3.8, 4) is 0 Å². The lowest BCUT2D eigenvalue weighted by Crippen LogP contribution is -2.12. The van der Waals surface area contributed by atoms with Crippen molar-refractivity contribution in [2.24, 2.45) is 5.41 Å². The van der Waals surface area contributed by atoms with E-state index in [1.165, 1.54) is 11.1 Å². The maximum atomic E-state index is 2.28. The Kier molecular flexibility index (Phi) is 3.28. The average Bonchev–Trinajstić information content (AvgIpc) is 2.00. The molecular formula is C15H24. The van der Waals surface area contributed by atoms with Gasteiger partial charge in [-0.2, -0.15) is 0 Å². The molecule has 0 aliphatic rings. The number of benzene rings is 1. The van der Waals surface area contributed by atoms with Crippen LogP contribution < -0.4 is 0 Å². The van der Waals surface area contributed by atoms with Crippen LogP contribution in [0.2, 0.25) is 0 Å². The molecule has 0 bridgehead atoms. The van der Waals surface area contributed by atoms with E-state index in [1.54, 1.807) is 0 Å². The molecular weight excluding hydrogens is 180 g/mol. The molecule has 0 heterocycles. The van der Waals surface area contributed by atoms with Crippen LogP contribution in [0.15, 0.2) is 24.3 Å². The van der Waals surface area contributed by atoms with Gasteiger partial charge in [0.05, 0.1) is 0 Å². The summed E-state index contributed by atoms with van der Waals surface area (Å²) < 4.78 is 0. The first-order chi connectivity index (χ1) is 6.68. The van der Waals surface area contributed by atoms with E-state index in [0.29, 0.717) is 5.41 Å². The van der Waals surface area contributed by atoms with E-state index >= 15 is 0 Å². The maximum absolute atomic E-state index is 2.28. The summed E-state index contributed by atoms with van der Waals surface area (Å²) in [6, 6.07) is 9.07. The third-order valence-electron chi connectivity index (χ3n) is 2.55. The van der Waals surface area contributed by atoms with Gasteiger partial charge in [-0.15, -0.1) is 0 Å². The highest BCUT2D eigenvalue weighted by Gasteiger charge is 2.14. The standard InChI is InChI=1S/C15H24/c1-14(2,3)11-12-7-9-13(10-8-12)15(4,5)6/h7-10H,11H2,1-6H3. The minimum absolute atomic E-state index is 0.264. The predicted octanol–water partition coefficient (Wildman–Crippen LogP) is 4.57. The first-order valence-electron chi connectivity index (χ1n) is 5.78. The lowest BCUT2D eigenvalue weighted by atomic mass is 9.84. The minimum Gasteiger partial charge on any atom is -0.0599 e. The van der Waals surface area contributed by atoms with Crippen LogP contribution in [0.25, 0.3) is 0 Å². The third kappa shape index (κ3) is 4.07. The van der Waals surface area contributed by atoms with Crippen molar-refractivity contribution in [3.05, 3.63) is 35.4 Å². The van der Waals surface area contributed by atoms with Crippen LogP contribution in [0.5, 0.6) is 0 Å². The smallest absolute Gasteiger partial charge is 0.0132 e. The predicted molar refractivity (Wildman–Crippen MR) is 68.3 cm³/mol. The van der Waals surface area contributed by atoms with Crippen molar-refractivity contribution in [2.75, 3.05) is 0 Å². The Balaban J connectivity index is 2.82. The zero-order chi connectivity index (χ0) is 11.7. The van der Waals surface area contributed by atoms with Gasteiger partial charge in [0.1, 0.15) is 0 Å². The minimum atomic E-state index is 0.264. The molecule has 0 fully saturated rings. The van der Waals surface area contributed by atoms with Crippen molar-refractivity contribution >= 4 is 0 Å². The Morgan fingerprint density at radius 1 is 0.800 bits per heavy atom. The molecule has 0 amide bonds. The Hall–Kier alpha value is -0.780. The molecule has 0 aromatic heterocycles. The summed E-state index contributed by atoms with van der Waals surface area (Å²) in [5, 5.41) is 0. The van der Waals surface area contributed by atoms with Crippen molar-refractivity contribution in [1.29, 1.82) is 0 Å². The monoisotopic (exact) mass is 204 g/mol. The summed E-state index contributed by atoms with van der Waals surface area (Å²) in [7, 11) is 0. The second-order valence-corrected chi connectivity index (χ2v) is 6.68. The summed E-state index contributed by atoms with van der Waals surface area (Å²) in [4.78, 5) is 0. The third-order valence-corrected chi connectivity index (χ3v) is 2.55. The molecule has 0 nitrogen and oxygen atoms in total. The fourth-order valence-corrected chi connectivity index (χ4v) is 1.73. The quantitative estimate of drug-likeness (QED) is 0.628. The van der Waals surface area contributed by atoms with Gasteiger partial charge in [-0.05, 0) is 28.4 Å². The highest BCUT2D eigenvalue weighted by atomic mass is 14.2. The van der Waals surface area contributed by atoms with Crippen LogP contribution in [0.3, 0.4) is 0 Å². The fourth-order valence-electron chi connectivity index (χ4n) is 1.73. The summed E-state index contributed by atoms with van der Waals surface area (Å²) in [6.07, 6.45) is 1.15. The summed E-state index contributed by atoms with van der Waals surface area (Å²) in [5.41, 5.74) is 3.50. The largest absolute Gasteiger partial charge is 0.0599 e. The molecule has 0 atom stereocenters. The second kappa shape index (κ2) is 4.00. The van der Waals surface area contributed by atoms with E-state index in [0.717, 1.165) is 6.42 Å². The van der Waals surface area contributed by atoms with E-state index in [4.69, 9.17) is 0 Å². The zero-order valence-corrected chi connectivity index (χ0v) is 11.0. The van der Waals surface area contributed by atoms with E-state index in [2.05, 4.69) is 65.8 Å². The lowest BCUT2D eigenvalue weighted by molar-refractivity contribution is 0.411. The SMILES string of the molecule is CC(C)(C)Cc1ccc(C(C)(C)C)cc1. The summed E-state index contributed by atoms with van der Waals surface area (Å²) >= 11 is 0. The fraction of sp³-hybridized carbons (Fsp3) is 0.600. The molecule has 0 radical (unpaired) electrons. The molecule has 84 valence electrons. The van der Waals surface area contributed by atoms with Gasteiger partial charge in [0.2, 0.25) is 0 Å². The molecule has 0 aliphatic heterocycles. The van der Waals surface area contributed by atoms with Crippen LogP contribution in [0, 0.1) is 5.41 Å². The molecule has 0 aliphatic carbocycles. The van der Waals surface area contributed by atoms with Crippen molar-refractivity contribution in [1.82, 2.24) is 0 Å². The van der Waals surface area contributed by atoms with Gasteiger partial charge in [0, 0.05) is 0 Å². The molecule has 1 aromatic rings. The normalized spacial score (nSPS) is 12.9. The molecule has 0 unspecified atom stereocenters. The molecule has 0 saturated heterocycles. The molecule has 0 saturated carbocycles. The van der Waals surface area contributed by atoms with Crippen molar-refractivity contribution in [2.45, 2.75) is 53.4 Å². The van der Waals surface area contributed by atoms with Crippen LogP contribution in [-0.2, 0) is 11.8 Å². The highest BCUT2D eigenvalue weighted by Crippen LogP contribution is 2.25. The number of hydrogen-bond acceptors (Lipinski definition) is 0. The van der Waals surface area contributed by atoms with E-state index in [9.17, 15) is 0 Å². The van der Waals surface area contributed by atoms with Crippen LogP contribution in [-0.4, -0.2) is 0 Å². The number of rotatable bonds is 1. The Labute approximate surface area is 94.7 Å². The van der Waals surface area contributed by atoms with Gasteiger partial charge >= 0.3 is 0 Å². The Bertz CT molecular complexity index is 303. The zero-order valence-electron chi connectivity index (χ0n) is 11.0. The van der Waals surface area contributed by atoms with Gasteiger partial charge in [-0.25, -0.2) is 0 Å². The van der Waals surface area contributed by atoms with E-state index in [1.807, 2.05) is 0 Å².